The fraction of sp³-hybridized carbons (Fsp3) is 1.00. The highest BCUT2D eigenvalue weighted by Crippen LogP contribution is 2.32. The Morgan fingerprint density at radius 3 is 2.16 bits per heavy atom. The molecule has 0 aromatic heterocycles. The van der Waals surface area contributed by atoms with E-state index in [9.17, 15) is 0 Å². The molecule has 0 atom stereocenters. The first kappa shape index (κ1) is 13.9. The molecular weight excluding hydrogens is 232 g/mol. The highest BCUT2D eigenvalue weighted by Gasteiger charge is 2.37. The minimum atomic E-state index is 0.499. The molecule has 2 saturated carbocycles. The Hall–Kier alpha value is -0.0800. The third-order valence-electron chi connectivity index (χ3n) is 5.81. The molecule has 2 aliphatic carbocycles. The molecule has 2 nitrogen and oxygen atoms in total. The lowest BCUT2D eigenvalue weighted by atomic mass is 9.79. The summed E-state index contributed by atoms with van der Waals surface area (Å²) in [6.07, 6.45) is 17.5. The van der Waals surface area contributed by atoms with Gasteiger partial charge in [0.25, 0.3) is 0 Å². The van der Waals surface area contributed by atoms with Crippen LogP contribution in [0, 0.1) is 0 Å². The maximum atomic E-state index is 3.89. The Labute approximate surface area is 119 Å². The second kappa shape index (κ2) is 6.58. The summed E-state index contributed by atoms with van der Waals surface area (Å²) in [4.78, 5) is 2.87. The maximum Gasteiger partial charge on any atom is 0.0309 e. The van der Waals surface area contributed by atoms with Gasteiger partial charge in [-0.25, -0.2) is 0 Å². The van der Waals surface area contributed by atoms with Crippen LogP contribution >= 0.6 is 0 Å². The molecule has 3 aliphatic rings. The summed E-state index contributed by atoms with van der Waals surface area (Å²) in [6.45, 7) is 3.88. The Bertz CT molecular complexity index is 257. The Morgan fingerprint density at radius 1 is 0.789 bits per heavy atom. The number of piperazine rings is 1. The number of hydrogen-bond donors (Lipinski definition) is 1. The van der Waals surface area contributed by atoms with Crippen LogP contribution in [0.2, 0.25) is 0 Å². The SMILES string of the molecule is C1CCCC(N2CCNC3(CCCCC3)C2)CCC1. The van der Waals surface area contributed by atoms with E-state index in [-0.39, 0.29) is 0 Å². The van der Waals surface area contributed by atoms with Crippen LogP contribution in [0.4, 0.5) is 0 Å². The molecule has 3 rings (SSSR count). The van der Waals surface area contributed by atoms with Crippen molar-refractivity contribution in [2.24, 2.45) is 0 Å². The first-order valence-electron chi connectivity index (χ1n) is 8.87. The average molecular weight is 264 g/mol. The van der Waals surface area contributed by atoms with Gasteiger partial charge in [-0.3, -0.25) is 4.90 Å². The normalized spacial score (nSPS) is 30.9. The van der Waals surface area contributed by atoms with Gasteiger partial charge in [0, 0.05) is 31.2 Å². The van der Waals surface area contributed by atoms with E-state index in [2.05, 4.69) is 10.2 Å². The van der Waals surface area contributed by atoms with Crippen molar-refractivity contribution >= 4 is 0 Å². The standard InChI is InChI=1S/C17H32N2/c1-2-5-9-16(10-6-3-1)19-14-13-18-17(15-19)11-7-4-8-12-17/h16,18H,1-15H2. The lowest BCUT2D eigenvalue weighted by Crippen LogP contribution is -2.62. The van der Waals surface area contributed by atoms with Crippen LogP contribution in [-0.4, -0.2) is 36.1 Å². The first-order valence-corrected chi connectivity index (χ1v) is 8.87. The average Bonchev–Trinajstić information content (AvgIpc) is 2.39. The van der Waals surface area contributed by atoms with E-state index in [1.54, 1.807) is 0 Å². The van der Waals surface area contributed by atoms with Crippen LogP contribution in [0.15, 0.2) is 0 Å². The molecular formula is C17H32N2. The fourth-order valence-corrected chi connectivity index (χ4v) is 4.66. The van der Waals surface area contributed by atoms with Gasteiger partial charge in [0.05, 0.1) is 0 Å². The van der Waals surface area contributed by atoms with E-state index in [4.69, 9.17) is 0 Å². The monoisotopic (exact) mass is 264 g/mol. The molecule has 1 N–H and O–H groups in total. The predicted molar refractivity (Wildman–Crippen MR) is 81.5 cm³/mol. The van der Waals surface area contributed by atoms with Crippen molar-refractivity contribution in [1.82, 2.24) is 10.2 Å². The number of hydrogen-bond acceptors (Lipinski definition) is 2. The number of nitrogens with zero attached hydrogens (tertiary/aromatic N) is 1. The molecule has 1 spiro atoms. The quantitative estimate of drug-likeness (QED) is 0.777. The van der Waals surface area contributed by atoms with E-state index < -0.39 is 0 Å². The molecule has 0 radical (unpaired) electrons. The van der Waals surface area contributed by atoms with Crippen molar-refractivity contribution in [1.29, 1.82) is 0 Å². The van der Waals surface area contributed by atoms with Gasteiger partial charge in [0.1, 0.15) is 0 Å². The van der Waals surface area contributed by atoms with Gasteiger partial charge in [-0.2, -0.15) is 0 Å². The lowest BCUT2D eigenvalue weighted by Gasteiger charge is -2.48. The highest BCUT2D eigenvalue weighted by atomic mass is 15.2. The number of nitrogens with one attached hydrogen (secondary N) is 1. The van der Waals surface area contributed by atoms with E-state index in [0.29, 0.717) is 5.54 Å². The Morgan fingerprint density at radius 2 is 1.42 bits per heavy atom. The van der Waals surface area contributed by atoms with Gasteiger partial charge in [-0.05, 0) is 25.7 Å². The van der Waals surface area contributed by atoms with Gasteiger partial charge in [-0.15, -0.1) is 0 Å². The molecule has 1 aliphatic heterocycles. The minimum absolute atomic E-state index is 0.499. The summed E-state index contributed by atoms with van der Waals surface area (Å²) in [5.41, 5.74) is 0.499. The van der Waals surface area contributed by atoms with Gasteiger partial charge in [0.2, 0.25) is 0 Å². The smallest absolute Gasteiger partial charge is 0.0309 e. The van der Waals surface area contributed by atoms with E-state index in [1.165, 1.54) is 96.7 Å². The maximum absolute atomic E-state index is 3.89. The van der Waals surface area contributed by atoms with E-state index in [0.717, 1.165) is 6.04 Å². The topological polar surface area (TPSA) is 15.3 Å². The van der Waals surface area contributed by atoms with Crippen LogP contribution < -0.4 is 5.32 Å². The Kier molecular flexibility index (Phi) is 4.81. The van der Waals surface area contributed by atoms with Crippen molar-refractivity contribution in [3.63, 3.8) is 0 Å². The predicted octanol–water partition coefficient (Wildman–Crippen LogP) is 3.71. The molecule has 3 fully saturated rings. The van der Waals surface area contributed by atoms with Crippen molar-refractivity contribution in [3.8, 4) is 0 Å². The fourth-order valence-electron chi connectivity index (χ4n) is 4.66. The molecule has 1 heterocycles. The number of rotatable bonds is 1. The third-order valence-corrected chi connectivity index (χ3v) is 5.81. The van der Waals surface area contributed by atoms with Gasteiger partial charge in [-0.1, -0.05) is 51.4 Å². The van der Waals surface area contributed by atoms with Crippen LogP contribution in [0.3, 0.4) is 0 Å². The zero-order valence-corrected chi connectivity index (χ0v) is 12.6. The van der Waals surface area contributed by atoms with Crippen LogP contribution in [-0.2, 0) is 0 Å². The van der Waals surface area contributed by atoms with Crippen molar-refractivity contribution in [3.05, 3.63) is 0 Å². The van der Waals surface area contributed by atoms with Crippen LogP contribution in [0.5, 0.6) is 0 Å². The molecule has 0 aromatic rings. The molecule has 2 heteroatoms. The molecule has 110 valence electrons. The molecule has 19 heavy (non-hydrogen) atoms. The van der Waals surface area contributed by atoms with Crippen molar-refractivity contribution in [2.75, 3.05) is 19.6 Å². The summed E-state index contributed by atoms with van der Waals surface area (Å²) >= 11 is 0. The lowest BCUT2D eigenvalue weighted by molar-refractivity contribution is 0.0580. The second-order valence-corrected chi connectivity index (χ2v) is 7.24. The molecule has 1 saturated heterocycles. The molecule has 0 aromatic carbocycles. The molecule has 0 bridgehead atoms. The summed E-state index contributed by atoms with van der Waals surface area (Å²) < 4.78 is 0. The van der Waals surface area contributed by atoms with Crippen molar-refractivity contribution in [2.45, 2.75) is 88.6 Å². The molecule has 0 unspecified atom stereocenters. The highest BCUT2D eigenvalue weighted by molar-refractivity contribution is 4.98. The van der Waals surface area contributed by atoms with E-state index >= 15 is 0 Å². The van der Waals surface area contributed by atoms with Crippen molar-refractivity contribution < 1.29 is 0 Å². The Balaban J connectivity index is 1.59. The van der Waals surface area contributed by atoms with Crippen LogP contribution in [0.1, 0.15) is 77.0 Å². The van der Waals surface area contributed by atoms with Crippen LogP contribution in [0.25, 0.3) is 0 Å². The molecule has 0 amide bonds. The largest absolute Gasteiger partial charge is 0.309 e. The summed E-state index contributed by atoms with van der Waals surface area (Å²) in [5.74, 6) is 0. The summed E-state index contributed by atoms with van der Waals surface area (Å²) in [5, 5.41) is 3.89. The van der Waals surface area contributed by atoms with E-state index in [1.807, 2.05) is 0 Å². The zero-order valence-electron chi connectivity index (χ0n) is 12.6. The summed E-state index contributed by atoms with van der Waals surface area (Å²) in [7, 11) is 0. The van der Waals surface area contributed by atoms with Gasteiger partial charge >= 0.3 is 0 Å². The van der Waals surface area contributed by atoms with Gasteiger partial charge < -0.3 is 5.32 Å². The third kappa shape index (κ3) is 3.52. The second-order valence-electron chi connectivity index (χ2n) is 7.24. The first-order chi connectivity index (χ1) is 9.38. The minimum Gasteiger partial charge on any atom is -0.309 e. The van der Waals surface area contributed by atoms with Gasteiger partial charge in [0.15, 0.2) is 0 Å². The zero-order chi connectivity index (χ0) is 13.0. The summed E-state index contributed by atoms with van der Waals surface area (Å²) in [6, 6.07) is 0.904.